The van der Waals surface area contributed by atoms with Crippen LogP contribution in [0.3, 0.4) is 0 Å². The predicted octanol–water partition coefficient (Wildman–Crippen LogP) is 5.30. The van der Waals surface area contributed by atoms with Crippen molar-refractivity contribution in [1.82, 2.24) is 9.80 Å². The van der Waals surface area contributed by atoms with Gasteiger partial charge in [-0.05, 0) is 81.9 Å². The van der Waals surface area contributed by atoms with Crippen LogP contribution in [0.25, 0.3) is 0 Å². The molecule has 0 aromatic heterocycles. The van der Waals surface area contributed by atoms with E-state index < -0.39 is 0 Å². The summed E-state index contributed by atoms with van der Waals surface area (Å²) in [5, 5.41) is 0. The van der Waals surface area contributed by atoms with Crippen LogP contribution in [-0.2, 0) is 12.8 Å². The van der Waals surface area contributed by atoms with Crippen LogP contribution in [0.1, 0.15) is 64.5 Å². The number of hydrogen-bond donors (Lipinski definition) is 1. The molecule has 0 saturated heterocycles. The highest BCUT2D eigenvalue weighted by Crippen LogP contribution is 2.18. The maximum atomic E-state index is 4.70. The summed E-state index contributed by atoms with van der Waals surface area (Å²) in [7, 11) is 0. The average molecular weight is 365 g/mol. The fourth-order valence-corrected chi connectivity index (χ4v) is 3.75. The lowest BCUT2D eigenvalue weighted by atomic mass is 10.0. The summed E-state index contributed by atoms with van der Waals surface area (Å²) in [5.74, 6) is 0. The van der Waals surface area contributed by atoms with Gasteiger partial charge < -0.3 is 9.80 Å². The first-order valence-electron chi connectivity index (χ1n) is 10.4. The molecule has 1 aromatic carbocycles. The van der Waals surface area contributed by atoms with E-state index in [0.29, 0.717) is 0 Å². The van der Waals surface area contributed by atoms with E-state index >= 15 is 0 Å². The molecule has 0 aliphatic carbocycles. The van der Waals surface area contributed by atoms with E-state index in [2.05, 4.69) is 55.7 Å². The Hall–Kier alpha value is -0.510. The summed E-state index contributed by atoms with van der Waals surface area (Å²) in [6.07, 6.45) is 7.21. The van der Waals surface area contributed by atoms with Gasteiger partial charge in [0.2, 0.25) is 0 Å². The highest BCUT2D eigenvalue weighted by molar-refractivity contribution is 7.80. The van der Waals surface area contributed by atoms with Crippen molar-refractivity contribution >= 4 is 12.6 Å². The van der Waals surface area contributed by atoms with Crippen molar-refractivity contribution in [2.24, 2.45) is 0 Å². The number of hydrogen-bond acceptors (Lipinski definition) is 3. The lowest BCUT2D eigenvalue weighted by Gasteiger charge is -2.22. The third-order valence-electron chi connectivity index (χ3n) is 4.72. The van der Waals surface area contributed by atoms with E-state index in [1.165, 1.54) is 69.5 Å². The zero-order chi connectivity index (χ0) is 18.5. The van der Waals surface area contributed by atoms with Gasteiger partial charge in [-0.2, -0.15) is 0 Å². The topological polar surface area (TPSA) is 6.48 Å². The molecule has 0 radical (unpaired) electrons. The Bertz CT molecular complexity index is 449. The summed E-state index contributed by atoms with van der Waals surface area (Å²) in [5.41, 5.74) is 2.87. The second-order valence-corrected chi connectivity index (χ2v) is 7.63. The Morgan fingerprint density at radius 2 is 1.16 bits per heavy atom. The minimum absolute atomic E-state index is 1.11. The molecule has 0 saturated carbocycles. The monoisotopic (exact) mass is 364 g/mol. The molecule has 0 amide bonds. The predicted molar refractivity (Wildman–Crippen MR) is 115 cm³/mol. The van der Waals surface area contributed by atoms with Crippen molar-refractivity contribution in [3.63, 3.8) is 0 Å². The molecule has 0 atom stereocenters. The third-order valence-corrected chi connectivity index (χ3v) is 5.15. The second-order valence-electron chi connectivity index (χ2n) is 7.15. The van der Waals surface area contributed by atoms with Gasteiger partial charge in [-0.3, -0.25) is 0 Å². The highest BCUT2D eigenvalue weighted by Gasteiger charge is 2.08. The zero-order valence-electron chi connectivity index (χ0n) is 17.1. The molecule has 25 heavy (non-hydrogen) atoms. The molecular formula is C22H40N2S. The number of nitrogens with zero attached hydrogens (tertiary/aromatic N) is 2. The lowest BCUT2D eigenvalue weighted by Crippen LogP contribution is -2.28. The fraction of sp³-hybridized carbons (Fsp3) is 0.727. The molecule has 0 aliphatic rings. The Labute approximate surface area is 162 Å². The quantitative estimate of drug-likeness (QED) is 0.447. The normalized spacial score (nSPS) is 11.6. The lowest BCUT2D eigenvalue weighted by molar-refractivity contribution is 0.276. The molecule has 0 unspecified atom stereocenters. The van der Waals surface area contributed by atoms with E-state index in [9.17, 15) is 0 Å². The van der Waals surface area contributed by atoms with Gasteiger partial charge in [-0.1, -0.05) is 39.8 Å². The van der Waals surface area contributed by atoms with Crippen molar-refractivity contribution < 1.29 is 0 Å². The van der Waals surface area contributed by atoms with Crippen LogP contribution in [0, 0.1) is 0 Å². The van der Waals surface area contributed by atoms with Crippen LogP contribution in [0.2, 0.25) is 0 Å². The number of benzene rings is 1. The Morgan fingerprint density at radius 3 is 1.64 bits per heavy atom. The van der Waals surface area contributed by atoms with Crippen LogP contribution in [-0.4, -0.2) is 49.1 Å². The van der Waals surface area contributed by atoms with Crippen molar-refractivity contribution in [3.8, 4) is 0 Å². The number of thiol groups is 1. The van der Waals surface area contributed by atoms with Gasteiger partial charge in [0, 0.05) is 18.0 Å². The van der Waals surface area contributed by atoms with Gasteiger partial charge in [-0.25, -0.2) is 0 Å². The Morgan fingerprint density at radius 1 is 0.680 bits per heavy atom. The zero-order valence-corrected chi connectivity index (χ0v) is 18.0. The molecule has 0 spiro atoms. The first-order valence-corrected chi connectivity index (χ1v) is 10.8. The average Bonchev–Trinajstić information content (AvgIpc) is 2.60. The summed E-state index contributed by atoms with van der Waals surface area (Å²) < 4.78 is 0. The van der Waals surface area contributed by atoms with Crippen LogP contribution < -0.4 is 0 Å². The fourth-order valence-electron chi connectivity index (χ4n) is 3.50. The van der Waals surface area contributed by atoms with E-state index in [-0.39, 0.29) is 0 Å². The first-order chi connectivity index (χ1) is 12.1. The van der Waals surface area contributed by atoms with Crippen LogP contribution in [0.5, 0.6) is 0 Å². The molecule has 1 rings (SSSR count). The van der Waals surface area contributed by atoms with E-state index in [1.54, 1.807) is 0 Å². The molecule has 0 aliphatic heterocycles. The molecule has 0 N–H and O–H groups in total. The molecule has 1 aromatic rings. The van der Waals surface area contributed by atoms with Gasteiger partial charge in [0.1, 0.15) is 0 Å². The molecule has 144 valence electrons. The van der Waals surface area contributed by atoms with Gasteiger partial charge in [-0.15, -0.1) is 12.6 Å². The first kappa shape index (κ1) is 22.5. The number of rotatable bonds is 14. The molecule has 3 heteroatoms. The molecule has 0 heterocycles. The highest BCUT2D eigenvalue weighted by atomic mass is 32.1. The SMILES string of the molecule is CCCN(CCC)CCc1ccc(S)c(CCN(CCC)CCC)c1. The second kappa shape index (κ2) is 13.7. The van der Waals surface area contributed by atoms with E-state index in [1.807, 2.05) is 0 Å². The van der Waals surface area contributed by atoms with Crippen molar-refractivity contribution in [1.29, 1.82) is 0 Å². The van der Waals surface area contributed by atoms with Gasteiger partial charge in [0.25, 0.3) is 0 Å². The summed E-state index contributed by atoms with van der Waals surface area (Å²) >= 11 is 4.70. The third kappa shape index (κ3) is 9.12. The largest absolute Gasteiger partial charge is 0.303 e. The maximum absolute atomic E-state index is 4.70. The van der Waals surface area contributed by atoms with Crippen LogP contribution >= 0.6 is 12.6 Å². The molecular weight excluding hydrogens is 324 g/mol. The van der Waals surface area contributed by atoms with Crippen molar-refractivity contribution in [3.05, 3.63) is 29.3 Å². The maximum Gasteiger partial charge on any atom is 0.00727 e. The Balaban J connectivity index is 2.62. The van der Waals surface area contributed by atoms with Gasteiger partial charge in [0.05, 0.1) is 0 Å². The minimum Gasteiger partial charge on any atom is -0.303 e. The molecule has 2 nitrogen and oxygen atoms in total. The molecule has 0 fully saturated rings. The van der Waals surface area contributed by atoms with Gasteiger partial charge >= 0.3 is 0 Å². The van der Waals surface area contributed by atoms with Crippen molar-refractivity contribution in [2.45, 2.75) is 71.1 Å². The Kier molecular flexibility index (Phi) is 12.3. The van der Waals surface area contributed by atoms with Crippen LogP contribution in [0.15, 0.2) is 23.1 Å². The van der Waals surface area contributed by atoms with E-state index in [0.717, 1.165) is 24.3 Å². The van der Waals surface area contributed by atoms with Crippen molar-refractivity contribution in [2.75, 3.05) is 39.3 Å². The van der Waals surface area contributed by atoms with Crippen LogP contribution in [0.4, 0.5) is 0 Å². The summed E-state index contributed by atoms with van der Waals surface area (Å²) in [6.45, 7) is 16.3. The smallest absolute Gasteiger partial charge is 0.00727 e. The van der Waals surface area contributed by atoms with E-state index in [4.69, 9.17) is 12.6 Å². The summed E-state index contributed by atoms with van der Waals surface area (Å²) in [6, 6.07) is 6.86. The van der Waals surface area contributed by atoms with Gasteiger partial charge in [0.15, 0.2) is 0 Å². The summed E-state index contributed by atoms with van der Waals surface area (Å²) in [4.78, 5) is 6.33. The molecule has 0 bridgehead atoms. The standard InChI is InChI=1S/C22H40N2S/c1-5-13-23(14-6-2)17-11-20-9-10-22(25)21(19-20)12-18-24(15-7-3)16-8-4/h9-10,19,25H,5-8,11-18H2,1-4H3. The minimum atomic E-state index is 1.11.